The molecule has 5 rings (SSSR count). The van der Waals surface area contributed by atoms with Crippen LogP contribution in [0.4, 0.5) is 4.79 Å². The average molecular weight is 640 g/mol. The van der Waals surface area contributed by atoms with Crippen LogP contribution in [0, 0.1) is 6.92 Å². The lowest BCUT2D eigenvalue weighted by molar-refractivity contribution is 0.0462. The minimum absolute atomic E-state index is 0.0309. The second-order valence-electron chi connectivity index (χ2n) is 12.8. The van der Waals surface area contributed by atoms with Crippen LogP contribution in [-0.4, -0.2) is 60.8 Å². The van der Waals surface area contributed by atoms with Crippen LogP contribution in [0.2, 0.25) is 5.04 Å². The molecular weight excluding hydrogens is 598 g/mol. The van der Waals surface area contributed by atoms with Crippen LogP contribution in [0.1, 0.15) is 48.7 Å². The van der Waals surface area contributed by atoms with Crippen LogP contribution >= 0.6 is 0 Å². The van der Waals surface area contributed by atoms with Crippen LogP contribution in [0.15, 0.2) is 103 Å². The van der Waals surface area contributed by atoms with Gasteiger partial charge in [-0.2, -0.15) is 0 Å². The van der Waals surface area contributed by atoms with Gasteiger partial charge in [0.1, 0.15) is 30.3 Å². The largest absolute Gasteiger partial charge is 0.507 e. The van der Waals surface area contributed by atoms with Crippen molar-refractivity contribution in [2.24, 2.45) is 0 Å². The number of carbonyl (C=O) groups is 2. The molecule has 0 unspecified atom stereocenters. The molecule has 0 aromatic heterocycles. The van der Waals surface area contributed by atoms with Gasteiger partial charge in [-0.15, -0.1) is 0 Å². The van der Waals surface area contributed by atoms with Gasteiger partial charge in [0.15, 0.2) is 0 Å². The topological polar surface area (TPSA) is 106 Å². The van der Waals surface area contributed by atoms with E-state index in [1.165, 1.54) is 11.0 Å². The number of aromatic hydroxyl groups is 1. The number of aryl methyl sites for hydroxylation is 1. The monoisotopic (exact) mass is 639 g/mol. The van der Waals surface area contributed by atoms with Crippen LogP contribution in [0.25, 0.3) is 0 Å². The number of rotatable bonds is 10. The molecule has 0 saturated carbocycles. The molecule has 0 spiro atoms. The molecule has 240 valence electrons. The van der Waals surface area contributed by atoms with E-state index in [1.807, 2.05) is 66.7 Å². The Hall–Kier alpha value is -4.60. The smallest absolute Gasteiger partial charge is 0.407 e. The Morgan fingerprint density at radius 3 is 2.00 bits per heavy atom. The van der Waals surface area contributed by atoms with Gasteiger partial charge < -0.3 is 24.1 Å². The van der Waals surface area contributed by atoms with Gasteiger partial charge in [0.2, 0.25) is 0 Å². The number of carbonyl (C=O) groups excluding carboxylic acids is 1. The van der Waals surface area contributed by atoms with E-state index < -0.39 is 32.5 Å². The number of likely N-dealkylation sites (tertiary alicyclic amines) is 1. The number of hydrogen-bond acceptors (Lipinski definition) is 6. The summed E-state index contributed by atoms with van der Waals surface area (Å²) in [5.74, 6) is -0.856. The summed E-state index contributed by atoms with van der Waals surface area (Å²) in [5, 5.41) is 22.9. The van der Waals surface area contributed by atoms with Crippen molar-refractivity contribution in [3.05, 3.63) is 120 Å². The van der Waals surface area contributed by atoms with E-state index in [1.54, 1.807) is 13.0 Å². The molecular formula is C37H41NO7Si. The lowest BCUT2D eigenvalue weighted by Crippen LogP contribution is -2.67. The first-order valence-corrected chi connectivity index (χ1v) is 17.4. The van der Waals surface area contributed by atoms with Crippen molar-refractivity contribution in [3.8, 4) is 11.5 Å². The number of phenols is 1. The standard InChI is InChI=1S/C37H41NO7Si/c1-26-20-32(39)34(35(40)44-24-27-14-8-5-9-15-27)33(21-26)43-25-28-22-29(23-38(28)36(41)42)45-46(37(2,3)4,30-16-10-6-11-17-30)31-18-12-7-13-19-31/h5-21,28-29,39H,22-25H2,1-4H3,(H,41,42)/t28-,29-/m1/s1. The van der Waals surface area contributed by atoms with Crippen LogP contribution < -0.4 is 15.1 Å². The van der Waals surface area contributed by atoms with Crippen molar-refractivity contribution in [3.63, 3.8) is 0 Å². The molecule has 4 aromatic carbocycles. The van der Waals surface area contributed by atoms with Crippen molar-refractivity contribution in [1.82, 2.24) is 4.90 Å². The van der Waals surface area contributed by atoms with Gasteiger partial charge in [-0.1, -0.05) is 112 Å². The molecule has 46 heavy (non-hydrogen) atoms. The van der Waals surface area contributed by atoms with E-state index in [9.17, 15) is 19.8 Å². The summed E-state index contributed by atoms with van der Waals surface area (Å²) in [6.45, 7) is 8.51. The van der Waals surface area contributed by atoms with Crippen molar-refractivity contribution < 1.29 is 33.7 Å². The Balaban J connectivity index is 1.39. The number of ether oxygens (including phenoxy) is 2. The lowest BCUT2D eigenvalue weighted by Gasteiger charge is -2.44. The predicted octanol–water partition coefficient (Wildman–Crippen LogP) is 6.13. The Kier molecular flexibility index (Phi) is 9.84. The highest BCUT2D eigenvalue weighted by atomic mass is 28.4. The van der Waals surface area contributed by atoms with E-state index >= 15 is 0 Å². The van der Waals surface area contributed by atoms with Crippen LogP contribution in [0.5, 0.6) is 11.5 Å². The highest BCUT2D eigenvalue weighted by Gasteiger charge is 2.53. The number of esters is 1. The number of nitrogens with zero attached hydrogens (tertiary/aromatic N) is 1. The highest BCUT2D eigenvalue weighted by molar-refractivity contribution is 6.99. The number of carboxylic acid groups (broad SMARTS) is 1. The Morgan fingerprint density at radius 2 is 1.46 bits per heavy atom. The van der Waals surface area contributed by atoms with Gasteiger partial charge >= 0.3 is 12.1 Å². The summed E-state index contributed by atoms with van der Waals surface area (Å²) in [6, 6.07) is 32.3. The van der Waals surface area contributed by atoms with Gasteiger partial charge in [0.05, 0.1) is 12.1 Å². The summed E-state index contributed by atoms with van der Waals surface area (Å²) in [7, 11) is -2.93. The fraction of sp³-hybridized carbons (Fsp3) is 0.297. The third-order valence-corrected chi connectivity index (χ3v) is 13.5. The van der Waals surface area contributed by atoms with Crippen LogP contribution in [0.3, 0.4) is 0 Å². The molecule has 9 heteroatoms. The number of benzene rings is 4. The Morgan fingerprint density at radius 1 is 0.891 bits per heavy atom. The normalized spacial score (nSPS) is 16.7. The molecule has 1 aliphatic rings. The molecule has 1 saturated heterocycles. The second-order valence-corrected chi connectivity index (χ2v) is 17.0. The molecule has 0 aliphatic carbocycles. The fourth-order valence-corrected chi connectivity index (χ4v) is 11.0. The number of phenolic OH excluding ortho intramolecular Hbond substituents is 1. The molecule has 1 fully saturated rings. The van der Waals surface area contributed by atoms with Gasteiger partial charge in [0.25, 0.3) is 8.32 Å². The van der Waals surface area contributed by atoms with E-state index in [-0.39, 0.29) is 41.9 Å². The number of amides is 1. The molecule has 1 heterocycles. The van der Waals surface area contributed by atoms with Crippen molar-refractivity contribution >= 4 is 30.8 Å². The van der Waals surface area contributed by atoms with Gasteiger partial charge in [-0.25, -0.2) is 9.59 Å². The molecule has 8 nitrogen and oxygen atoms in total. The van der Waals surface area contributed by atoms with Gasteiger partial charge in [-0.3, -0.25) is 4.90 Å². The number of hydrogen-bond donors (Lipinski definition) is 2. The van der Waals surface area contributed by atoms with Crippen molar-refractivity contribution in [2.45, 2.75) is 57.9 Å². The fourth-order valence-electron chi connectivity index (χ4n) is 6.33. The zero-order valence-corrected chi connectivity index (χ0v) is 27.7. The van der Waals surface area contributed by atoms with Crippen LogP contribution in [-0.2, 0) is 15.8 Å². The van der Waals surface area contributed by atoms with E-state index in [0.717, 1.165) is 15.9 Å². The van der Waals surface area contributed by atoms with Crippen molar-refractivity contribution in [2.75, 3.05) is 13.2 Å². The maximum atomic E-state index is 13.1. The molecule has 2 N–H and O–H groups in total. The minimum Gasteiger partial charge on any atom is -0.507 e. The summed E-state index contributed by atoms with van der Waals surface area (Å²) in [4.78, 5) is 27.0. The van der Waals surface area contributed by atoms with Crippen molar-refractivity contribution in [1.29, 1.82) is 0 Å². The Bertz CT molecular complexity index is 1600. The highest BCUT2D eigenvalue weighted by Crippen LogP contribution is 2.39. The first-order valence-electron chi connectivity index (χ1n) is 15.5. The summed E-state index contributed by atoms with van der Waals surface area (Å²) >= 11 is 0. The third-order valence-electron chi connectivity index (χ3n) is 8.46. The SMILES string of the molecule is Cc1cc(O)c(C(=O)OCc2ccccc2)c(OC[C@H]2C[C@@H](O[Si](c3ccccc3)(c3ccccc3)C(C)(C)C)CN2C(=O)O)c1. The zero-order chi connectivity index (χ0) is 32.9. The third kappa shape index (κ3) is 6.95. The maximum Gasteiger partial charge on any atom is 0.407 e. The van der Waals surface area contributed by atoms with E-state index in [0.29, 0.717) is 12.0 Å². The minimum atomic E-state index is -2.93. The van der Waals surface area contributed by atoms with Gasteiger partial charge in [0, 0.05) is 6.54 Å². The summed E-state index contributed by atoms with van der Waals surface area (Å²) < 4.78 is 18.9. The lowest BCUT2D eigenvalue weighted by atomic mass is 10.1. The quantitative estimate of drug-likeness (QED) is 0.159. The molecule has 0 bridgehead atoms. The van der Waals surface area contributed by atoms with Gasteiger partial charge in [-0.05, 0) is 52.0 Å². The van der Waals surface area contributed by atoms with E-state index in [2.05, 4.69) is 45.0 Å². The molecule has 1 amide bonds. The molecule has 0 radical (unpaired) electrons. The average Bonchev–Trinajstić information content (AvgIpc) is 3.45. The molecule has 2 atom stereocenters. The summed E-state index contributed by atoms with van der Waals surface area (Å²) in [5.41, 5.74) is 1.39. The van der Waals surface area contributed by atoms with E-state index in [4.69, 9.17) is 13.9 Å². The second kappa shape index (κ2) is 13.8. The first-order chi connectivity index (χ1) is 22.0. The Labute approximate surface area is 271 Å². The first kappa shape index (κ1) is 32.8. The summed E-state index contributed by atoms with van der Waals surface area (Å²) in [6.07, 6.45) is -1.06. The zero-order valence-electron chi connectivity index (χ0n) is 26.7. The predicted molar refractivity (Wildman–Crippen MR) is 180 cm³/mol. The molecule has 4 aromatic rings. The maximum absolute atomic E-state index is 13.1. The molecule has 1 aliphatic heterocycles.